The van der Waals surface area contributed by atoms with Crippen LogP contribution in [0.25, 0.3) is 0 Å². The third-order valence-electron chi connectivity index (χ3n) is 7.25. The van der Waals surface area contributed by atoms with E-state index in [9.17, 15) is 4.79 Å². The molecule has 0 saturated heterocycles. The van der Waals surface area contributed by atoms with E-state index >= 15 is 0 Å². The van der Waals surface area contributed by atoms with Crippen molar-refractivity contribution in [3.8, 4) is 0 Å². The third kappa shape index (κ3) is 12.3. The Morgan fingerprint density at radius 2 is 1.50 bits per heavy atom. The summed E-state index contributed by atoms with van der Waals surface area (Å²) in [6.07, 6.45) is 6.66. The van der Waals surface area contributed by atoms with Gasteiger partial charge in [-0.1, -0.05) is 95.1 Å². The molecule has 2 unspecified atom stereocenters. The normalized spacial score (nSPS) is 17.8. The molecule has 1 saturated carbocycles. The van der Waals surface area contributed by atoms with Crippen LogP contribution in [0.4, 0.5) is 0 Å². The van der Waals surface area contributed by atoms with Gasteiger partial charge in [0, 0.05) is 25.0 Å². The largest absolute Gasteiger partial charge is 0.330 e. The smallest absolute Gasteiger partial charge is 0.135 e. The van der Waals surface area contributed by atoms with Gasteiger partial charge in [0.25, 0.3) is 0 Å². The van der Waals surface area contributed by atoms with Crippen LogP contribution in [0.2, 0.25) is 0 Å². The maximum atomic E-state index is 10.5. The first-order chi connectivity index (χ1) is 17.1. The van der Waals surface area contributed by atoms with Crippen molar-refractivity contribution in [2.75, 3.05) is 13.1 Å². The molecule has 2 N–H and O–H groups in total. The summed E-state index contributed by atoms with van der Waals surface area (Å²) < 4.78 is 0. The molecular weight excluding hydrogens is 440 g/mol. The Hall–Kier alpha value is -1.97. The molecule has 0 aromatic heterocycles. The van der Waals surface area contributed by atoms with Crippen molar-refractivity contribution in [1.82, 2.24) is 4.90 Å². The van der Waals surface area contributed by atoms with Crippen molar-refractivity contribution < 1.29 is 4.79 Å². The topological polar surface area (TPSA) is 46.3 Å². The number of ketones is 1. The second-order valence-corrected chi connectivity index (χ2v) is 11.4. The second kappa shape index (κ2) is 16.7. The molecule has 36 heavy (non-hydrogen) atoms. The van der Waals surface area contributed by atoms with E-state index in [1.807, 2.05) is 34.6 Å². The highest BCUT2D eigenvalue weighted by atomic mass is 16.1. The number of carbonyl (C=O) groups is 1. The average Bonchev–Trinajstić information content (AvgIpc) is 3.07. The average molecular weight is 495 g/mol. The Labute approximate surface area is 222 Å². The summed E-state index contributed by atoms with van der Waals surface area (Å²) in [5.41, 5.74) is 11.4. The Bertz CT molecular complexity index is 869. The first-order valence-corrected chi connectivity index (χ1v) is 14.1. The van der Waals surface area contributed by atoms with E-state index in [4.69, 9.17) is 5.73 Å². The van der Waals surface area contributed by atoms with Crippen LogP contribution in [0.5, 0.6) is 0 Å². The molecular formula is C33H54N2O. The molecule has 0 heterocycles. The number of carbonyl (C=O) groups excluding carboxylic acids is 1. The van der Waals surface area contributed by atoms with E-state index in [1.165, 1.54) is 60.9 Å². The predicted molar refractivity (Wildman–Crippen MR) is 157 cm³/mol. The molecule has 202 valence electrons. The summed E-state index contributed by atoms with van der Waals surface area (Å²) >= 11 is 0. The van der Waals surface area contributed by atoms with Crippen LogP contribution < -0.4 is 5.73 Å². The molecule has 0 spiro atoms. The van der Waals surface area contributed by atoms with Crippen molar-refractivity contribution in [1.29, 1.82) is 0 Å². The van der Waals surface area contributed by atoms with Gasteiger partial charge >= 0.3 is 0 Å². The fraction of sp³-hybridized carbons (Fsp3) is 0.606. The van der Waals surface area contributed by atoms with Gasteiger partial charge < -0.3 is 5.73 Å². The van der Waals surface area contributed by atoms with Gasteiger partial charge in [0.1, 0.15) is 5.78 Å². The van der Waals surface area contributed by atoms with Crippen LogP contribution in [0.15, 0.2) is 48.5 Å². The minimum absolute atomic E-state index is 0.139. The molecule has 0 amide bonds. The predicted octanol–water partition coefficient (Wildman–Crippen LogP) is 8.11. The quantitative estimate of drug-likeness (QED) is 0.395. The van der Waals surface area contributed by atoms with E-state index in [-0.39, 0.29) is 11.2 Å². The number of aryl methyl sites for hydroxylation is 2. The van der Waals surface area contributed by atoms with Gasteiger partial charge in [0.15, 0.2) is 0 Å². The molecule has 2 atom stereocenters. The van der Waals surface area contributed by atoms with Gasteiger partial charge in [-0.3, -0.25) is 9.69 Å². The molecule has 0 radical (unpaired) electrons. The number of benzene rings is 2. The molecule has 0 aliphatic heterocycles. The lowest BCUT2D eigenvalue weighted by Crippen LogP contribution is -2.29. The van der Waals surface area contributed by atoms with Crippen molar-refractivity contribution >= 4 is 5.78 Å². The summed E-state index contributed by atoms with van der Waals surface area (Å²) in [5, 5.41) is 0. The Kier molecular flexibility index (Phi) is 14.9. The fourth-order valence-corrected chi connectivity index (χ4v) is 4.53. The molecule has 3 rings (SSSR count). The molecule has 2 aromatic carbocycles. The molecule has 3 nitrogen and oxygen atoms in total. The highest BCUT2D eigenvalue weighted by Crippen LogP contribution is 2.28. The van der Waals surface area contributed by atoms with Crippen LogP contribution in [-0.2, 0) is 17.9 Å². The maximum Gasteiger partial charge on any atom is 0.135 e. The zero-order valence-electron chi connectivity index (χ0n) is 24.6. The first kappa shape index (κ1) is 32.1. The highest BCUT2D eigenvalue weighted by molar-refractivity contribution is 5.80. The summed E-state index contributed by atoms with van der Waals surface area (Å²) in [6.45, 7) is 19.9. The van der Waals surface area contributed by atoms with Gasteiger partial charge in [0.05, 0.1) is 0 Å². The lowest BCUT2D eigenvalue weighted by Gasteiger charge is -2.28. The zero-order chi connectivity index (χ0) is 27.1. The van der Waals surface area contributed by atoms with Crippen LogP contribution in [-0.4, -0.2) is 23.8 Å². The van der Waals surface area contributed by atoms with Gasteiger partial charge in [-0.05, 0) is 81.5 Å². The summed E-state index contributed by atoms with van der Waals surface area (Å²) in [4.78, 5) is 13.1. The van der Waals surface area contributed by atoms with E-state index in [0.717, 1.165) is 31.5 Å². The maximum absolute atomic E-state index is 10.5. The van der Waals surface area contributed by atoms with Gasteiger partial charge in [-0.2, -0.15) is 0 Å². The Morgan fingerprint density at radius 3 is 2.06 bits per heavy atom. The van der Waals surface area contributed by atoms with Crippen LogP contribution in [0.3, 0.4) is 0 Å². The number of rotatable bonds is 7. The molecule has 1 fully saturated rings. The van der Waals surface area contributed by atoms with Crippen molar-refractivity contribution in [3.63, 3.8) is 0 Å². The molecule has 2 aromatic rings. The van der Waals surface area contributed by atoms with Crippen molar-refractivity contribution in [2.24, 2.45) is 23.0 Å². The number of nitrogens with zero attached hydrogens (tertiary/aromatic N) is 1. The van der Waals surface area contributed by atoms with Gasteiger partial charge in [-0.15, -0.1) is 0 Å². The van der Waals surface area contributed by atoms with E-state index in [0.29, 0.717) is 0 Å². The number of hydrogen-bond donors (Lipinski definition) is 1. The minimum Gasteiger partial charge on any atom is -0.330 e. The Balaban J connectivity index is 0.000000623. The number of nitrogens with two attached hydrogens (primary N) is 1. The molecule has 1 aliphatic rings. The lowest BCUT2D eigenvalue weighted by molar-refractivity contribution is -0.124. The van der Waals surface area contributed by atoms with Gasteiger partial charge in [0.2, 0.25) is 0 Å². The standard InChI is InChI=1S/C25H36N2.C6H12O.C2H6/c1-20-11-14-25(21(2)15-20)19-27(17-23-7-4-3-5-8-23)18-24-10-6-9-22(16-26)12-13-24;1-5(7)6(2,3)4;1-2/h3-5,7-8,11,14-15,22,24H,6,9-10,12-13,16-19,26H2,1-2H3;1-4H3;1-2H3. The first-order valence-electron chi connectivity index (χ1n) is 14.1. The zero-order valence-corrected chi connectivity index (χ0v) is 24.6. The van der Waals surface area contributed by atoms with Crippen LogP contribution in [0.1, 0.15) is 95.9 Å². The summed E-state index contributed by atoms with van der Waals surface area (Å²) in [7, 11) is 0. The number of Topliss-reactive ketones (excluding diaryl/α,β-unsaturated/α-hetero) is 1. The number of hydrogen-bond acceptors (Lipinski definition) is 3. The Morgan fingerprint density at radius 1 is 0.917 bits per heavy atom. The summed E-state index contributed by atoms with van der Waals surface area (Å²) in [5.74, 6) is 1.79. The van der Waals surface area contributed by atoms with E-state index < -0.39 is 0 Å². The van der Waals surface area contributed by atoms with E-state index in [2.05, 4.69) is 67.3 Å². The summed E-state index contributed by atoms with van der Waals surface area (Å²) in [6, 6.07) is 17.8. The monoisotopic (exact) mass is 494 g/mol. The lowest BCUT2D eigenvalue weighted by atomic mass is 9.92. The van der Waals surface area contributed by atoms with Crippen LogP contribution >= 0.6 is 0 Å². The van der Waals surface area contributed by atoms with Crippen molar-refractivity contribution in [3.05, 3.63) is 70.8 Å². The SMILES string of the molecule is CC.CC(=O)C(C)(C)C.Cc1ccc(CN(Cc2ccccc2)CC2CCCC(CN)CC2)c(C)c1. The van der Waals surface area contributed by atoms with Crippen molar-refractivity contribution in [2.45, 2.75) is 101 Å². The van der Waals surface area contributed by atoms with E-state index in [1.54, 1.807) is 6.92 Å². The fourth-order valence-electron chi connectivity index (χ4n) is 4.53. The molecule has 1 aliphatic carbocycles. The third-order valence-corrected chi connectivity index (χ3v) is 7.25. The highest BCUT2D eigenvalue weighted by Gasteiger charge is 2.21. The van der Waals surface area contributed by atoms with Crippen LogP contribution in [0, 0.1) is 31.1 Å². The van der Waals surface area contributed by atoms with Gasteiger partial charge in [-0.25, -0.2) is 0 Å². The molecule has 3 heteroatoms. The molecule has 0 bridgehead atoms. The second-order valence-electron chi connectivity index (χ2n) is 11.4. The minimum atomic E-state index is -0.139.